The second-order valence-electron chi connectivity index (χ2n) is 40.4. The number of aromatic nitrogens is 10. The fourth-order valence-electron chi connectivity index (χ4n) is 24.7. The number of benzene rings is 10. The molecular formula is C126H104F2N14O4. The quantitative estimate of drug-likeness (QED) is 0.107. The minimum absolute atomic E-state index is 0.0405. The fourth-order valence-corrected chi connectivity index (χ4v) is 24.7. The molecule has 18 nitrogen and oxygen atoms in total. The monoisotopic (exact) mass is 1910 g/mol. The summed E-state index contributed by atoms with van der Waals surface area (Å²) in [6, 6.07) is 95.7. The lowest BCUT2D eigenvalue weighted by Crippen LogP contribution is -2.45. The van der Waals surface area contributed by atoms with Crippen molar-refractivity contribution in [3.05, 3.63) is 466 Å². The Kier molecular flexibility index (Phi) is 25.1. The van der Waals surface area contributed by atoms with Gasteiger partial charge < -0.3 is 19.2 Å². The maximum atomic E-state index is 14.4. The third-order valence-corrected chi connectivity index (χ3v) is 32.1. The molecule has 24 rings (SSSR count). The molecule has 0 amide bonds. The predicted octanol–water partition coefficient (Wildman–Crippen LogP) is 27.3. The summed E-state index contributed by atoms with van der Waals surface area (Å²) in [5, 5.41) is 15.6. The van der Waals surface area contributed by atoms with Crippen molar-refractivity contribution >= 4 is 23.1 Å². The predicted molar refractivity (Wildman–Crippen MR) is 565 cm³/mol. The zero-order valence-electron chi connectivity index (χ0n) is 82.3. The molecule has 0 unspecified atom stereocenters. The Bertz CT molecular complexity index is 7940. The molecule has 0 aliphatic heterocycles. The minimum Gasteiger partial charge on any atom is -0.308 e. The number of imidazole rings is 1. The van der Waals surface area contributed by atoms with Crippen molar-refractivity contribution < 1.29 is 28.0 Å². The second kappa shape index (κ2) is 38.6. The molecule has 20 heteroatoms. The summed E-state index contributed by atoms with van der Waals surface area (Å²) in [4.78, 5) is 79.4. The normalized spacial score (nSPS) is 22.7. The van der Waals surface area contributed by atoms with Crippen molar-refractivity contribution in [3.8, 4) is 112 Å². The molecule has 12 atom stereocenters. The van der Waals surface area contributed by atoms with Crippen LogP contribution in [0.15, 0.2) is 363 Å². The van der Waals surface area contributed by atoms with Crippen LogP contribution in [0.25, 0.3) is 132 Å². The number of carbonyl (C=O) groups excluding carboxylic acids is 4. The first-order valence-corrected chi connectivity index (χ1v) is 49.9. The summed E-state index contributed by atoms with van der Waals surface area (Å²) in [5.74, 6) is -0.669. The number of nitrogens with zero attached hydrogens (tertiary/aromatic N) is 14. The largest absolute Gasteiger partial charge is 0.308 e. The van der Waals surface area contributed by atoms with Gasteiger partial charge in [0.1, 0.15) is 17.5 Å². The van der Waals surface area contributed by atoms with Gasteiger partial charge in [0.15, 0.2) is 23.1 Å². The molecule has 6 aromatic heterocycles. The molecule has 0 bridgehead atoms. The van der Waals surface area contributed by atoms with Crippen molar-refractivity contribution in [2.45, 2.75) is 128 Å². The number of hydrogen-bond donors (Lipinski definition) is 0. The van der Waals surface area contributed by atoms with E-state index in [9.17, 15) is 28.0 Å². The first-order valence-electron chi connectivity index (χ1n) is 49.9. The highest BCUT2D eigenvalue weighted by Crippen LogP contribution is 2.58. The van der Waals surface area contributed by atoms with Crippen LogP contribution in [0.2, 0.25) is 0 Å². The Hall–Kier alpha value is -17.2. The zero-order chi connectivity index (χ0) is 101. The topological polar surface area (TPSA) is 183 Å². The van der Waals surface area contributed by atoms with Gasteiger partial charge in [-0.3, -0.25) is 14.5 Å². The van der Waals surface area contributed by atoms with Crippen molar-refractivity contribution in [2.75, 3.05) is 0 Å². The number of hydrogen-bond acceptors (Lipinski definition) is 10. The van der Waals surface area contributed by atoms with Gasteiger partial charge in [-0.05, 0) is 211 Å². The molecule has 716 valence electrons. The van der Waals surface area contributed by atoms with E-state index in [0.717, 1.165) is 181 Å². The smallest absolute Gasteiger partial charge is 0.226 e. The Labute approximate surface area is 848 Å². The zero-order valence-corrected chi connectivity index (χ0v) is 82.3. The van der Waals surface area contributed by atoms with Crippen LogP contribution >= 0.6 is 0 Å². The maximum Gasteiger partial charge on any atom is 0.226 e. The van der Waals surface area contributed by atoms with Crippen LogP contribution in [0.4, 0.5) is 8.78 Å². The molecule has 8 aliphatic rings. The van der Waals surface area contributed by atoms with Gasteiger partial charge in [0.2, 0.25) is 22.8 Å². The van der Waals surface area contributed by atoms with Crippen molar-refractivity contribution in [3.63, 3.8) is 0 Å². The highest BCUT2D eigenvalue weighted by Gasteiger charge is 2.55. The third kappa shape index (κ3) is 16.7. The van der Waals surface area contributed by atoms with E-state index in [2.05, 4.69) is 201 Å². The number of rotatable bonds is 12. The number of pyridine rings is 2. The summed E-state index contributed by atoms with van der Waals surface area (Å²) in [6.07, 6.45) is 21.2. The highest BCUT2D eigenvalue weighted by atomic mass is 19.1. The SMILES string of the molecule is [C-]#[N+]C1=C[C@@]2(C)c3nc(-c4ccc(-c5ccccc5)cc4)n(-c4cccc(F)c4)c3CC[C@@H]2[C@@H](C)C1=O.[C-]#[N+]C1=C[C@@]2(C)c3nn(-c4ccc(-c5ccccc5)cc4)c(-c4cccnc4)c3CC[C@@H]2[C@@H](C)C1=O.[C-]#[N+]C1=C[C@@]2(C)c3nn(-c4ccc(-c5ccccc5)cc4)c(-c4ccncc4)c3CC[C@@H]2[C@@H](C)C1=O.[C-]#[N+]C1=C[C@@]2(C)c3nn(-c4cccc(-c5ccccc5)c4)c(-c4cccc(F)c4)c3CC[C@@H]2[C@@H](C)C1=O. The van der Waals surface area contributed by atoms with Crippen LogP contribution in [0.5, 0.6) is 0 Å². The van der Waals surface area contributed by atoms with Crippen LogP contribution < -0.4 is 0 Å². The number of fused-ring (bicyclic) bond motifs is 12. The minimum atomic E-state index is -0.564. The Morgan fingerprint density at radius 1 is 0.301 bits per heavy atom. The van der Waals surface area contributed by atoms with Gasteiger partial charge in [-0.25, -0.2) is 47.2 Å². The lowest BCUT2D eigenvalue weighted by molar-refractivity contribution is -0.122. The Balaban J connectivity index is 0.000000114. The number of ketones is 4. The average Bonchev–Trinajstić information content (AvgIpc) is 1.57. The molecule has 146 heavy (non-hydrogen) atoms. The summed E-state index contributed by atoms with van der Waals surface area (Å²) >= 11 is 0. The van der Waals surface area contributed by atoms with Crippen LogP contribution in [0.1, 0.15) is 126 Å². The van der Waals surface area contributed by atoms with Crippen LogP contribution in [-0.4, -0.2) is 72.0 Å². The molecule has 0 N–H and O–H groups in total. The Morgan fingerprint density at radius 3 is 1.03 bits per heavy atom. The van der Waals surface area contributed by atoms with E-state index in [-0.39, 0.29) is 105 Å². The number of allylic oxidation sites excluding steroid dienone is 8. The molecule has 8 aliphatic carbocycles. The third-order valence-electron chi connectivity index (χ3n) is 32.1. The van der Waals surface area contributed by atoms with E-state index in [0.29, 0.717) is 5.69 Å². The number of halogens is 2. The van der Waals surface area contributed by atoms with E-state index >= 15 is 0 Å². The molecule has 0 spiro atoms. The van der Waals surface area contributed by atoms with E-state index < -0.39 is 21.7 Å². The molecule has 10 aromatic carbocycles. The molecule has 0 saturated heterocycles. The fraction of sp³-hybridized carbons (Fsp3) is 0.222. The first kappa shape index (κ1) is 95.0. The summed E-state index contributed by atoms with van der Waals surface area (Å²) in [6.45, 7) is 46.7. The van der Waals surface area contributed by atoms with Gasteiger partial charge in [-0.1, -0.05) is 280 Å². The maximum absolute atomic E-state index is 14.4. The molecule has 0 saturated carbocycles. The van der Waals surface area contributed by atoms with Crippen LogP contribution in [0, 0.1) is 85.3 Å². The molecular weight excluding hydrogens is 1810 g/mol. The number of carbonyl (C=O) groups is 4. The standard InChI is InChI=1S/2C32H26FN3O.2C31H26N4O/c1-20-27-16-15-26-29(23-12-7-13-24(33)17-23)36(35-31(26)32(27,2)19-28(34-3)30(20)37)25-14-8-11-22(18-25)21-9-5-4-6-10-21;1-20-26-16-17-28-30(32(26,2)19-27(34-3)29(20)37)35-31(36(28)25-11-7-10-24(33)18-25)23-14-12-22(13-15-23)21-8-5-4-6-9-21;1-20-26-16-15-25-28(23-10-7-17-33-19-23)35(34-30(25)31(26,2)18-27(32-3)29(20)36)24-13-11-22(12-14-24)21-8-5-4-6-9-21;1-20-26-14-13-25-28(23-15-17-33-18-16-23)35(34-30(25)31(26,2)19-27(32-3)29(20)36)24-11-9-22(10-12-24)21-7-5-4-6-8-21/h4-14,17-20,27H,15-16H2,1-2H3;4-15,18-20,26H,16-17H2,1-2H3;4-14,17-20,26H,15-16H2,1-2H3;4-12,15-20,26H,13-14H2,1-2H3/t20-,27-,32-;20-,26-,32-;2*20-,26-,31-/m1111/s1. The van der Waals surface area contributed by atoms with E-state index in [1.54, 1.807) is 24.4 Å². The van der Waals surface area contributed by atoms with Crippen LogP contribution in [-0.2, 0) is 66.5 Å². The second-order valence-corrected chi connectivity index (χ2v) is 40.4. The molecule has 6 heterocycles. The van der Waals surface area contributed by atoms with Crippen molar-refractivity contribution in [1.82, 2.24) is 48.9 Å². The molecule has 0 radical (unpaired) electrons. The molecule has 0 fully saturated rings. The van der Waals surface area contributed by atoms with Gasteiger partial charge in [-0.15, -0.1) is 0 Å². The van der Waals surface area contributed by atoms with Crippen LogP contribution in [0.3, 0.4) is 0 Å². The molecule has 16 aromatic rings. The van der Waals surface area contributed by atoms with Crippen molar-refractivity contribution in [1.29, 1.82) is 0 Å². The van der Waals surface area contributed by atoms with Gasteiger partial charge >= 0.3 is 0 Å². The van der Waals surface area contributed by atoms with Gasteiger partial charge in [0.05, 0.1) is 88.9 Å². The lowest BCUT2D eigenvalue weighted by atomic mass is 9.58. The highest BCUT2D eigenvalue weighted by molar-refractivity contribution is 6.03. The summed E-state index contributed by atoms with van der Waals surface area (Å²) in [7, 11) is 0. The lowest BCUT2D eigenvalue weighted by Gasteiger charge is -2.44. The van der Waals surface area contributed by atoms with Gasteiger partial charge in [-0.2, -0.15) is 15.3 Å². The van der Waals surface area contributed by atoms with Gasteiger partial charge in [0.25, 0.3) is 0 Å². The van der Waals surface area contributed by atoms with Crippen molar-refractivity contribution in [2.24, 2.45) is 47.3 Å². The average molecular weight is 1920 g/mol. The Morgan fingerprint density at radius 2 is 0.630 bits per heavy atom. The van der Waals surface area contributed by atoms with E-state index in [1.165, 1.54) is 40.5 Å². The van der Waals surface area contributed by atoms with E-state index in [4.69, 9.17) is 46.6 Å². The summed E-state index contributed by atoms with van der Waals surface area (Å²) < 4.78 is 36.9. The van der Waals surface area contributed by atoms with Gasteiger partial charge in [0, 0.05) is 115 Å². The summed E-state index contributed by atoms with van der Waals surface area (Å²) in [5.41, 5.74) is 26.2. The number of Topliss-reactive ketones (excluding diaryl/α,β-unsaturated/α-hetero) is 4. The van der Waals surface area contributed by atoms with E-state index in [1.807, 2.05) is 200 Å². The first-order chi connectivity index (χ1) is 70.8.